The van der Waals surface area contributed by atoms with Gasteiger partial charge in [-0.25, -0.2) is 8.78 Å². The monoisotopic (exact) mass is 282 g/mol. The topological polar surface area (TPSA) is 59.2 Å². The number of benzene rings is 1. The van der Waals surface area contributed by atoms with Crippen LogP contribution in [0, 0.1) is 0 Å². The molecule has 0 spiro atoms. The van der Waals surface area contributed by atoms with Crippen molar-refractivity contribution in [2.45, 2.75) is 32.1 Å². The van der Waals surface area contributed by atoms with Crippen LogP contribution in [0.5, 0.6) is 0 Å². The summed E-state index contributed by atoms with van der Waals surface area (Å²) in [5, 5.41) is 12.6. The minimum absolute atomic E-state index is 0.0777. The molecular formula is C14H16F2N2O2. The lowest BCUT2D eigenvalue weighted by Gasteiger charge is -2.17. The lowest BCUT2D eigenvalue weighted by atomic mass is 9.94. The highest BCUT2D eigenvalue weighted by Crippen LogP contribution is 2.30. The van der Waals surface area contributed by atoms with Crippen LogP contribution in [0.1, 0.15) is 25.3 Å². The van der Waals surface area contributed by atoms with Gasteiger partial charge in [0.1, 0.15) is 5.41 Å². The van der Waals surface area contributed by atoms with Gasteiger partial charge in [0.2, 0.25) is 11.7 Å². The number of aromatic nitrogens is 2. The van der Waals surface area contributed by atoms with Crippen molar-refractivity contribution < 1.29 is 18.4 Å². The molecule has 0 saturated carbocycles. The lowest BCUT2D eigenvalue weighted by Crippen LogP contribution is -2.27. The highest BCUT2D eigenvalue weighted by Gasteiger charge is 2.37. The van der Waals surface area contributed by atoms with Gasteiger partial charge in [-0.2, -0.15) is 4.98 Å². The molecule has 2 aromatic rings. The van der Waals surface area contributed by atoms with Crippen LogP contribution in [0.25, 0.3) is 11.4 Å². The van der Waals surface area contributed by atoms with Crippen LogP contribution in [-0.2, 0) is 11.8 Å². The zero-order valence-electron chi connectivity index (χ0n) is 11.3. The minimum Gasteiger partial charge on any atom is -0.396 e. The summed E-state index contributed by atoms with van der Waals surface area (Å²) in [6, 6.07) is 7.21. The molecule has 0 fully saturated rings. The number of aliphatic hydroxyl groups excluding tert-OH is 1. The molecule has 6 heteroatoms. The Morgan fingerprint density at radius 2 is 1.90 bits per heavy atom. The average Bonchev–Trinajstić information content (AvgIpc) is 2.90. The Labute approximate surface area is 115 Å². The van der Waals surface area contributed by atoms with Gasteiger partial charge in [0.25, 0.3) is 6.43 Å². The zero-order valence-corrected chi connectivity index (χ0v) is 11.3. The van der Waals surface area contributed by atoms with Crippen LogP contribution in [-0.4, -0.2) is 28.3 Å². The second-order valence-corrected chi connectivity index (χ2v) is 5.12. The molecule has 2 rings (SSSR count). The van der Waals surface area contributed by atoms with Gasteiger partial charge >= 0.3 is 0 Å². The summed E-state index contributed by atoms with van der Waals surface area (Å²) >= 11 is 0. The molecule has 0 atom stereocenters. The summed E-state index contributed by atoms with van der Waals surface area (Å²) in [4.78, 5) is 4.04. The molecule has 0 saturated heterocycles. The fraction of sp³-hybridized carbons (Fsp3) is 0.429. The van der Waals surface area contributed by atoms with Crippen LogP contribution >= 0.6 is 0 Å². The first-order chi connectivity index (χ1) is 9.45. The molecule has 108 valence electrons. The maximum absolute atomic E-state index is 12.9. The Morgan fingerprint density at radius 1 is 1.25 bits per heavy atom. The molecule has 20 heavy (non-hydrogen) atoms. The average molecular weight is 282 g/mol. The molecule has 1 N–H and O–H groups in total. The quantitative estimate of drug-likeness (QED) is 0.916. The molecule has 1 aromatic heterocycles. The summed E-state index contributed by atoms with van der Waals surface area (Å²) < 4.78 is 30.7. The molecule has 0 amide bonds. The second-order valence-electron chi connectivity index (χ2n) is 5.12. The van der Waals surface area contributed by atoms with E-state index in [-0.39, 0.29) is 18.3 Å². The van der Waals surface area contributed by atoms with E-state index in [9.17, 15) is 8.78 Å². The third kappa shape index (κ3) is 2.85. The molecule has 0 aliphatic carbocycles. The molecule has 1 heterocycles. The van der Waals surface area contributed by atoms with Crippen molar-refractivity contribution in [2.24, 2.45) is 0 Å². The van der Waals surface area contributed by atoms with Gasteiger partial charge < -0.3 is 9.63 Å². The molecule has 0 unspecified atom stereocenters. The maximum Gasteiger partial charge on any atom is 0.252 e. The van der Waals surface area contributed by atoms with E-state index in [4.69, 9.17) is 9.63 Å². The van der Waals surface area contributed by atoms with Crippen molar-refractivity contribution in [1.82, 2.24) is 10.1 Å². The molecule has 0 bridgehead atoms. The van der Waals surface area contributed by atoms with Crippen LogP contribution in [0.15, 0.2) is 28.8 Å². The van der Waals surface area contributed by atoms with E-state index in [1.807, 2.05) is 12.1 Å². The van der Waals surface area contributed by atoms with Crippen molar-refractivity contribution in [2.75, 3.05) is 6.61 Å². The molecule has 1 aromatic carbocycles. The van der Waals surface area contributed by atoms with Crippen molar-refractivity contribution in [3.8, 4) is 11.4 Å². The van der Waals surface area contributed by atoms with Crippen molar-refractivity contribution in [3.05, 3.63) is 35.7 Å². The van der Waals surface area contributed by atoms with Crippen molar-refractivity contribution in [3.63, 3.8) is 0 Å². The third-order valence-corrected chi connectivity index (χ3v) is 3.14. The van der Waals surface area contributed by atoms with Gasteiger partial charge in [0.15, 0.2) is 0 Å². The van der Waals surface area contributed by atoms with Gasteiger partial charge in [-0.05, 0) is 25.8 Å². The second kappa shape index (κ2) is 5.66. The zero-order chi connectivity index (χ0) is 14.8. The molecule has 0 radical (unpaired) electrons. The summed E-state index contributed by atoms with van der Waals surface area (Å²) in [6.45, 7) is 2.80. The summed E-state index contributed by atoms with van der Waals surface area (Å²) in [5.74, 6) is 0.200. The minimum atomic E-state index is -2.58. The number of aliphatic hydroxyl groups is 1. The first-order valence-corrected chi connectivity index (χ1v) is 6.27. The Kier molecular flexibility index (Phi) is 4.13. The number of rotatable bonds is 5. The number of halogens is 2. The van der Waals surface area contributed by atoms with Crippen LogP contribution in [0.2, 0.25) is 0 Å². The van der Waals surface area contributed by atoms with Crippen LogP contribution < -0.4 is 0 Å². The number of hydrogen-bond donors (Lipinski definition) is 1. The van der Waals surface area contributed by atoms with Crippen LogP contribution in [0.3, 0.4) is 0 Å². The van der Waals surface area contributed by atoms with Gasteiger partial charge in [0.05, 0.1) is 0 Å². The highest BCUT2D eigenvalue weighted by atomic mass is 19.3. The first kappa shape index (κ1) is 14.6. The maximum atomic E-state index is 12.9. The van der Waals surface area contributed by atoms with Gasteiger partial charge in [-0.3, -0.25) is 0 Å². The Balaban J connectivity index is 2.24. The summed E-state index contributed by atoms with van der Waals surface area (Å²) in [5.41, 5.74) is 0.196. The first-order valence-electron chi connectivity index (χ1n) is 6.27. The fourth-order valence-electron chi connectivity index (χ4n) is 1.65. The summed E-state index contributed by atoms with van der Waals surface area (Å²) in [7, 11) is 0. The Hall–Kier alpha value is -1.82. The van der Waals surface area contributed by atoms with E-state index >= 15 is 0 Å². The smallest absolute Gasteiger partial charge is 0.252 e. The normalized spacial score (nSPS) is 12.1. The van der Waals surface area contributed by atoms with E-state index in [1.165, 1.54) is 13.8 Å². The van der Waals surface area contributed by atoms with Gasteiger partial charge in [0, 0.05) is 12.2 Å². The standard InChI is InChI=1S/C14H16F2N2O2/c1-14(2,12(15)16)13-17-11(18-20-13)10-5-3-9(4-6-10)7-8-19/h3-6,12,19H,7-8H2,1-2H3. The Morgan fingerprint density at radius 3 is 2.45 bits per heavy atom. The van der Waals surface area contributed by atoms with Crippen molar-refractivity contribution in [1.29, 1.82) is 0 Å². The number of alkyl halides is 2. The van der Waals surface area contributed by atoms with E-state index in [0.29, 0.717) is 12.0 Å². The number of nitrogens with zero attached hydrogens (tertiary/aromatic N) is 2. The third-order valence-electron chi connectivity index (χ3n) is 3.14. The Bertz CT molecular complexity index is 565. The molecular weight excluding hydrogens is 266 g/mol. The highest BCUT2D eigenvalue weighted by molar-refractivity contribution is 5.54. The van der Waals surface area contributed by atoms with E-state index in [0.717, 1.165) is 5.56 Å². The molecule has 4 nitrogen and oxygen atoms in total. The molecule has 0 aliphatic heterocycles. The van der Waals surface area contributed by atoms with Crippen molar-refractivity contribution >= 4 is 0 Å². The number of hydrogen-bond acceptors (Lipinski definition) is 4. The van der Waals surface area contributed by atoms with E-state index < -0.39 is 11.8 Å². The van der Waals surface area contributed by atoms with Crippen LogP contribution in [0.4, 0.5) is 8.78 Å². The SMILES string of the molecule is CC(C)(c1nc(-c2ccc(CCO)cc2)no1)C(F)F. The summed E-state index contributed by atoms with van der Waals surface area (Å²) in [6.07, 6.45) is -2.02. The van der Waals surface area contributed by atoms with Gasteiger partial charge in [-0.1, -0.05) is 29.4 Å². The largest absolute Gasteiger partial charge is 0.396 e. The fourth-order valence-corrected chi connectivity index (χ4v) is 1.65. The van der Waals surface area contributed by atoms with E-state index in [1.54, 1.807) is 12.1 Å². The molecule has 0 aliphatic rings. The van der Waals surface area contributed by atoms with Gasteiger partial charge in [-0.15, -0.1) is 0 Å². The lowest BCUT2D eigenvalue weighted by molar-refractivity contribution is 0.0505. The predicted molar refractivity (Wildman–Crippen MR) is 69.6 cm³/mol. The van der Waals surface area contributed by atoms with E-state index in [2.05, 4.69) is 10.1 Å². The predicted octanol–water partition coefficient (Wildman–Crippen LogP) is 2.81.